The second-order valence-electron chi connectivity index (χ2n) is 5.32. The number of aryl methyl sites for hydroxylation is 1. The van der Waals surface area contributed by atoms with Gasteiger partial charge in [0.2, 0.25) is 15.9 Å². The summed E-state index contributed by atoms with van der Waals surface area (Å²) in [5.74, 6) is -0.973. The third kappa shape index (κ3) is 4.83. The lowest BCUT2D eigenvalue weighted by Crippen LogP contribution is -2.42. The summed E-state index contributed by atoms with van der Waals surface area (Å²) in [6.07, 6.45) is 2.90. The maximum absolute atomic E-state index is 13.2. The first-order valence-electron chi connectivity index (χ1n) is 7.15. The molecule has 1 atom stereocenters. The Kier molecular flexibility index (Phi) is 5.62. The van der Waals surface area contributed by atoms with Gasteiger partial charge in [0.1, 0.15) is 18.5 Å². The van der Waals surface area contributed by atoms with Crippen LogP contribution in [0.5, 0.6) is 0 Å². The molecule has 0 radical (unpaired) electrons. The number of hydrogen-bond acceptors (Lipinski definition) is 5. The summed E-state index contributed by atoms with van der Waals surface area (Å²) in [7, 11) is -3.89. The molecule has 0 spiro atoms. The van der Waals surface area contributed by atoms with E-state index in [0.29, 0.717) is 6.54 Å². The van der Waals surface area contributed by atoms with Crippen molar-refractivity contribution in [3.63, 3.8) is 0 Å². The molecular weight excluding hydrogens is 337 g/mol. The third-order valence-electron chi connectivity index (χ3n) is 3.20. The summed E-state index contributed by atoms with van der Waals surface area (Å²) in [6, 6.07) is 3.18. The van der Waals surface area contributed by atoms with Crippen LogP contribution in [0.4, 0.5) is 4.39 Å². The standard InChI is InChI=1S/C14H18FN5O3S/c1-10-5-12(3-4-13(10)15)24(22,23)18-6-14(21)19-11(2)7-20-9-16-8-17-20/h3-5,8-9,11,18H,6-7H2,1-2H3,(H,19,21)/t11-/m1/s1. The first kappa shape index (κ1) is 18.0. The fourth-order valence-electron chi connectivity index (χ4n) is 2.01. The van der Waals surface area contributed by atoms with Crippen molar-refractivity contribution < 1.29 is 17.6 Å². The highest BCUT2D eigenvalue weighted by atomic mass is 32.2. The fourth-order valence-corrected chi connectivity index (χ4v) is 3.07. The Labute approximate surface area is 139 Å². The highest BCUT2D eigenvalue weighted by Crippen LogP contribution is 2.13. The van der Waals surface area contributed by atoms with Crippen molar-refractivity contribution in [2.75, 3.05) is 6.54 Å². The van der Waals surface area contributed by atoms with Gasteiger partial charge in [-0.05, 0) is 37.6 Å². The van der Waals surface area contributed by atoms with Crippen molar-refractivity contribution in [3.05, 3.63) is 42.2 Å². The molecule has 0 fully saturated rings. The van der Waals surface area contributed by atoms with Gasteiger partial charge in [0.05, 0.1) is 18.0 Å². The maximum Gasteiger partial charge on any atom is 0.241 e. The average Bonchev–Trinajstić information content (AvgIpc) is 3.00. The minimum absolute atomic E-state index is 0.0927. The van der Waals surface area contributed by atoms with Crippen LogP contribution in [0.1, 0.15) is 12.5 Å². The largest absolute Gasteiger partial charge is 0.351 e. The molecule has 0 aliphatic carbocycles. The minimum atomic E-state index is -3.89. The Morgan fingerprint density at radius 2 is 2.17 bits per heavy atom. The predicted octanol–water partition coefficient (Wildman–Crippen LogP) is 0.209. The van der Waals surface area contributed by atoms with Crippen LogP contribution in [-0.2, 0) is 21.4 Å². The number of sulfonamides is 1. The van der Waals surface area contributed by atoms with Crippen LogP contribution in [0, 0.1) is 12.7 Å². The first-order chi connectivity index (χ1) is 11.3. The Bertz CT molecular complexity index is 808. The topological polar surface area (TPSA) is 106 Å². The van der Waals surface area contributed by atoms with Crippen molar-refractivity contribution in [2.24, 2.45) is 0 Å². The number of nitrogens with zero attached hydrogens (tertiary/aromatic N) is 3. The van der Waals surface area contributed by atoms with Crippen molar-refractivity contribution in [2.45, 2.75) is 31.3 Å². The van der Waals surface area contributed by atoms with E-state index >= 15 is 0 Å². The average molecular weight is 355 g/mol. The van der Waals surface area contributed by atoms with E-state index in [1.54, 1.807) is 11.6 Å². The molecule has 8 nitrogen and oxygen atoms in total. The summed E-state index contributed by atoms with van der Waals surface area (Å²) >= 11 is 0. The zero-order valence-electron chi connectivity index (χ0n) is 13.2. The lowest BCUT2D eigenvalue weighted by molar-refractivity contribution is -0.120. The van der Waals surface area contributed by atoms with Gasteiger partial charge in [0, 0.05) is 6.04 Å². The van der Waals surface area contributed by atoms with Crippen molar-refractivity contribution in [1.82, 2.24) is 24.8 Å². The van der Waals surface area contributed by atoms with E-state index in [1.165, 1.54) is 25.6 Å². The molecule has 1 heterocycles. The summed E-state index contributed by atoms with van der Waals surface area (Å²) in [6.45, 7) is 3.22. The van der Waals surface area contributed by atoms with Gasteiger partial charge in [-0.25, -0.2) is 22.5 Å². The van der Waals surface area contributed by atoms with E-state index in [1.807, 2.05) is 0 Å². The van der Waals surface area contributed by atoms with E-state index in [9.17, 15) is 17.6 Å². The number of halogens is 1. The van der Waals surface area contributed by atoms with E-state index in [0.717, 1.165) is 12.1 Å². The van der Waals surface area contributed by atoms with Crippen molar-refractivity contribution in [3.8, 4) is 0 Å². The Morgan fingerprint density at radius 1 is 1.42 bits per heavy atom. The molecule has 1 aromatic carbocycles. The van der Waals surface area contributed by atoms with E-state index in [2.05, 4.69) is 20.1 Å². The minimum Gasteiger partial charge on any atom is -0.351 e. The molecule has 0 unspecified atom stereocenters. The summed E-state index contributed by atoms with van der Waals surface area (Å²) in [5, 5.41) is 6.56. The predicted molar refractivity (Wildman–Crippen MR) is 84.0 cm³/mol. The molecular formula is C14H18FN5O3S. The number of hydrogen-bond donors (Lipinski definition) is 2. The molecule has 0 bridgehead atoms. The van der Waals surface area contributed by atoms with Crippen LogP contribution < -0.4 is 10.0 Å². The highest BCUT2D eigenvalue weighted by Gasteiger charge is 2.17. The van der Waals surface area contributed by atoms with Gasteiger partial charge in [-0.2, -0.15) is 5.10 Å². The number of nitrogens with one attached hydrogen (secondary N) is 2. The monoisotopic (exact) mass is 355 g/mol. The second kappa shape index (κ2) is 7.49. The zero-order valence-corrected chi connectivity index (χ0v) is 14.0. The van der Waals surface area contributed by atoms with E-state index < -0.39 is 28.3 Å². The van der Waals surface area contributed by atoms with Gasteiger partial charge in [-0.1, -0.05) is 0 Å². The Hall–Kier alpha value is -2.33. The molecule has 24 heavy (non-hydrogen) atoms. The van der Waals surface area contributed by atoms with Crippen LogP contribution in [0.2, 0.25) is 0 Å². The molecule has 0 aliphatic rings. The highest BCUT2D eigenvalue weighted by molar-refractivity contribution is 7.89. The second-order valence-corrected chi connectivity index (χ2v) is 7.09. The number of rotatable bonds is 7. The molecule has 2 N–H and O–H groups in total. The van der Waals surface area contributed by atoms with E-state index in [4.69, 9.17) is 0 Å². The quantitative estimate of drug-likeness (QED) is 0.738. The molecule has 2 rings (SSSR count). The number of benzene rings is 1. The van der Waals surface area contributed by atoms with Crippen LogP contribution >= 0.6 is 0 Å². The van der Waals surface area contributed by atoms with Crippen LogP contribution in [-0.4, -0.2) is 41.7 Å². The van der Waals surface area contributed by atoms with E-state index in [-0.39, 0.29) is 16.5 Å². The smallest absolute Gasteiger partial charge is 0.241 e. The molecule has 0 saturated heterocycles. The van der Waals surface area contributed by atoms with Crippen molar-refractivity contribution >= 4 is 15.9 Å². The van der Waals surface area contributed by atoms with Gasteiger partial charge >= 0.3 is 0 Å². The molecule has 0 saturated carbocycles. The van der Waals surface area contributed by atoms with Crippen LogP contribution in [0.15, 0.2) is 35.7 Å². The molecule has 1 aromatic heterocycles. The third-order valence-corrected chi connectivity index (χ3v) is 4.60. The normalized spacial score (nSPS) is 12.8. The maximum atomic E-state index is 13.2. The molecule has 0 aliphatic heterocycles. The SMILES string of the molecule is Cc1cc(S(=O)(=O)NCC(=O)N[C@H](C)Cn2cncn2)ccc1F. The molecule has 130 valence electrons. The summed E-state index contributed by atoms with van der Waals surface area (Å²) < 4.78 is 41.2. The van der Waals surface area contributed by atoms with Crippen LogP contribution in [0.3, 0.4) is 0 Å². The molecule has 2 aromatic rings. The van der Waals surface area contributed by atoms with Gasteiger partial charge in [0.15, 0.2) is 0 Å². The number of carbonyl (C=O) groups excluding carboxylic acids is 1. The van der Waals surface area contributed by atoms with Gasteiger partial charge in [-0.15, -0.1) is 0 Å². The number of amides is 1. The zero-order chi connectivity index (χ0) is 17.7. The van der Waals surface area contributed by atoms with Gasteiger partial charge in [0.25, 0.3) is 0 Å². The first-order valence-corrected chi connectivity index (χ1v) is 8.64. The van der Waals surface area contributed by atoms with Gasteiger partial charge in [-0.3, -0.25) is 9.48 Å². The lowest BCUT2D eigenvalue weighted by atomic mass is 10.2. The lowest BCUT2D eigenvalue weighted by Gasteiger charge is -2.14. The van der Waals surface area contributed by atoms with Crippen LogP contribution in [0.25, 0.3) is 0 Å². The van der Waals surface area contributed by atoms with Crippen molar-refractivity contribution in [1.29, 1.82) is 0 Å². The number of carbonyl (C=O) groups is 1. The Balaban J connectivity index is 1.89. The number of aromatic nitrogens is 3. The van der Waals surface area contributed by atoms with Gasteiger partial charge < -0.3 is 5.32 Å². The fraction of sp³-hybridized carbons (Fsp3) is 0.357. The molecule has 10 heteroatoms. The Morgan fingerprint density at radius 3 is 2.79 bits per heavy atom. The summed E-state index contributed by atoms with van der Waals surface area (Å²) in [5.41, 5.74) is 0.212. The summed E-state index contributed by atoms with van der Waals surface area (Å²) in [4.78, 5) is 15.5. The molecule has 1 amide bonds.